The fraction of sp³-hybridized carbons (Fsp3) is 0.188. The molecule has 118 valence electrons. The molecule has 7 heteroatoms. The summed E-state index contributed by atoms with van der Waals surface area (Å²) < 4.78 is 26.4. The second-order valence-electron chi connectivity index (χ2n) is 4.67. The number of ketones is 1. The number of halogens is 2. The molecule has 1 amide bonds. The summed E-state index contributed by atoms with van der Waals surface area (Å²) in [7, 11) is 0. The number of aryl methyl sites for hydroxylation is 1. The monoisotopic (exact) mass is 334 g/mol. The summed E-state index contributed by atoms with van der Waals surface area (Å²) in [5, 5.41) is 13.0. The predicted octanol–water partition coefficient (Wildman–Crippen LogP) is 3.55. The van der Waals surface area contributed by atoms with Crippen molar-refractivity contribution in [3.05, 3.63) is 51.7 Å². The quantitative estimate of drug-likeness (QED) is 0.671. The molecule has 0 spiro atoms. The number of benzene rings is 1. The maximum absolute atomic E-state index is 13.6. The van der Waals surface area contributed by atoms with Crippen LogP contribution < -0.4 is 5.32 Å². The van der Waals surface area contributed by atoms with Crippen LogP contribution in [-0.4, -0.2) is 11.7 Å². The van der Waals surface area contributed by atoms with E-state index in [-0.39, 0.29) is 5.69 Å². The number of thiophene rings is 1. The van der Waals surface area contributed by atoms with Crippen molar-refractivity contribution in [3.63, 3.8) is 0 Å². The Kier molecular flexibility index (Phi) is 5.19. The molecule has 1 heterocycles. The lowest BCUT2D eigenvalue weighted by Crippen LogP contribution is -2.29. The fourth-order valence-electron chi connectivity index (χ4n) is 1.99. The molecule has 2 aromatic rings. The van der Waals surface area contributed by atoms with Gasteiger partial charge >= 0.3 is 0 Å². The van der Waals surface area contributed by atoms with Gasteiger partial charge in [-0.15, -0.1) is 11.3 Å². The van der Waals surface area contributed by atoms with Gasteiger partial charge in [0.25, 0.3) is 0 Å². The van der Waals surface area contributed by atoms with Crippen molar-refractivity contribution in [3.8, 4) is 6.07 Å². The molecule has 0 aliphatic rings. The maximum atomic E-state index is 13.6. The molecule has 23 heavy (non-hydrogen) atoms. The summed E-state index contributed by atoms with van der Waals surface area (Å²) in [6, 6.07) is 6.00. The number of hydrogen-bond donors (Lipinski definition) is 1. The Morgan fingerprint density at radius 1 is 1.35 bits per heavy atom. The first-order valence-electron chi connectivity index (χ1n) is 6.74. The highest BCUT2D eigenvalue weighted by molar-refractivity contribution is 7.12. The first kappa shape index (κ1) is 16.8. The number of carbonyl (C=O) groups excluding carboxylic acids is 2. The van der Waals surface area contributed by atoms with Gasteiger partial charge in [0.2, 0.25) is 5.91 Å². The smallest absolute Gasteiger partial charge is 0.249 e. The second kappa shape index (κ2) is 7.11. The molecule has 0 saturated heterocycles. The van der Waals surface area contributed by atoms with Crippen molar-refractivity contribution in [1.82, 2.24) is 0 Å². The number of nitrogens with zero attached hydrogens (tertiary/aromatic N) is 1. The normalized spacial score (nSPS) is 11.6. The SMILES string of the molecule is CCc1ccsc1C(=O)C(C#N)C(=O)Nc1ccc(F)cc1F. The van der Waals surface area contributed by atoms with Gasteiger partial charge in [-0.2, -0.15) is 5.26 Å². The van der Waals surface area contributed by atoms with Crippen LogP contribution in [0.2, 0.25) is 0 Å². The molecule has 1 aromatic carbocycles. The molecular weight excluding hydrogens is 322 g/mol. The molecule has 0 saturated carbocycles. The third kappa shape index (κ3) is 3.60. The molecule has 1 N–H and O–H groups in total. The van der Waals surface area contributed by atoms with Gasteiger partial charge in [0.15, 0.2) is 11.7 Å². The van der Waals surface area contributed by atoms with Gasteiger partial charge < -0.3 is 5.32 Å². The molecule has 1 atom stereocenters. The van der Waals surface area contributed by atoms with Crippen molar-refractivity contribution in [1.29, 1.82) is 5.26 Å². The number of hydrogen-bond acceptors (Lipinski definition) is 4. The Morgan fingerprint density at radius 2 is 2.09 bits per heavy atom. The zero-order chi connectivity index (χ0) is 17.0. The summed E-state index contributed by atoms with van der Waals surface area (Å²) in [5.74, 6) is -4.94. The van der Waals surface area contributed by atoms with Gasteiger partial charge in [0.05, 0.1) is 16.6 Å². The summed E-state index contributed by atoms with van der Waals surface area (Å²) in [4.78, 5) is 24.8. The lowest BCUT2D eigenvalue weighted by molar-refractivity contribution is -0.117. The Morgan fingerprint density at radius 3 is 2.70 bits per heavy atom. The summed E-state index contributed by atoms with van der Waals surface area (Å²) in [6.45, 7) is 1.86. The summed E-state index contributed by atoms with van der Waals surface area (Å²) in [5.41, 5.74) is 0.465. The average molecular weight is 334 g/mol. The van der Waals surface area contributed by atoms with E-state index >= 15 is 0 Å². The number of nitrogens with one attached hydrogen (secondary N) is 1. The highest BCUT2D eigenvalue weighted by atomic mass is 32.1. The molecule has 0 aliphatic heterocycles. The Hall–Kier alpha value is -2.59. The predicted molar refractivity (Wildman–Crippen MR) is 82.1 cm³/mol. The van der Waals surface area contributed by atoms with Crippen molar-refractivity contribution < 1.29 is 18.4 Å². The molecule has 2 rings (SSSR count). The van der Waals surface area contributed by atoms with Crippen LogP contribution in [0.5, 0.6) is 0 Å². The van der Waals surface area contributed by atoms with Gasteiger partial charge in [0.1, 0.15) is 11.6 Å². The third-order valence-electron chi connectivity index (χ3n) is 3.19. The average Bonchev–Trinajstić information content (AvgIpc) is 2.99. The van der Waals surface area contributed by atoms with Gasteiger partial charge in [0, 0.05) is 6.07 Å². The van der Waals surface area contributed by atoms with Crippen LogP contribution in [-0.2, 0) is 11.2 Å². The lowest BCUT2D eigenvalue weighted by Gasteiger charge is -2.10. The van der Waals surface area contributed by atoms with Crippen LogP contribution in [0.1, 0.15) is 22.2 Å². The van der Waals surface area contributed by atoms with E-state index in [0.717, 1.165) is 29.0 Å². The maximum Gasteiger partial charge on any atom is 0.249 e. The number of carbonyl (C=O) groups is 2. The van der Waals surface area contributed by atoms with Gasteiger partial charge in [-0.1, -0.05) is 6.92 Å². The van der Waals surface area contributed by atoms with E-state index in [4.69, 9.17) is 5.26 Å². The van der Waals surface area contributed by atoms with Gasteiger partial charge in [-0.3, -0.25) is 9.59 Å². The summed E-state index contributed by atoms with van der Waals surface area (Å²) in [6.07, 6.45) is 0.594. The molecule has 0 fully saturated rings. The zero-order valence-corrected chi connectivity index (χ0v) is 12.9. The van der Waals surface area contributed by atoms with E-state index in [1.807, 2.05) is 6.92 Å². The molecule has 4 nitrogen and oxygen atoms in total. The lowest BCUT2D eigenvalue weighted by atomic mass is 10.0. The van der Waals surface area contributed by atoms with E-state index in [0.29, 0.717) is 17.4 Å². The van der Waals surface area contributed by atoms with Crippen LogP contribution in [0.4, 0.5) is 14.5 Å². The van der Waals surface area contributed by atoms with Crippen molar-refractivity contribution in [2.45, 2.75) is 13.3 Å². The number of rotatable bonds is 5. The first-order chi connectivity index (χ1) is 11.0. The van der Waals surface area contributed by atoms with Crippen LogP contribution in [0, 0.1) is 28.9 Å². The number of anilines is 1. The van der Waals surface area contributed by atoms with Gasteiger partial charge in [-0.25, -0.2) is 8.78 Å². The molecule has 0 radical (unpaired) electrons. The van der Waals surface area contributed by atoms with Crippen molar-refractivity contribution in [2.75, 3.05) is 5.32 Å². The number of Topliss-reactive ketones (excluding diaryl/α,β-unsaturated/α-hetero) is 1. The zero-order valence-electron chi connectivity index (χ0n) is 12.1. The second-order valence-corrected chi connectivity index (χ2v) is 5.58. The number of amides is 1. The van der Waals surface area contributed by atoms with Crippen molar-refractivity contribution >= 4 is 28.7 Å². The Labute approximate surface area is 135 Å². The highest BCUT2D eigenvalue weighted by Crippen LogP contribution is 2.23. The first-order valence-corrected chi connectivity index (χ1v) is 7.62. The molecule has 0 bridgehead atoms. The Balaban J connectivity index is 2.22. The van der Waals surface area contributed by atoms with E-state index in [2.05, 4.69) is 5.32 Å². The third-order valence-corrected chi connectivity index (χ3v) is 4.17. The fourth-order valence-corrected chi connectivity index (χ4v) is 2.96. The van der Waals surface area contributed by atoms with E-state index < -0.39 is 29.2 Å². The van der Waals surface area contributed by atoms with Crippen LogP contribution in [0.15, 0.2) is 29.6 Å². The molecule has 0 aliphatic carbocycles. The highest BCUT2D eigenvalue weighted by Gasteiger charge is 2.30. The molecular formula is C16H12F2N2O2S. The van der Waals surface area contributed by atoms with E-state index in [1.54, 1.807) is 17.5 Å². The Bertz CT molecular complexity index is 796. The topological polar surface area (TPSA) is 70.0 Å². The van der Waals surface area contributed by atoms with E-state index in [9.17, 15) is 18.4 Å². The number of nitriles is 1. The van der Waals surface area contributed by atoms with Crippen LogP contribution >= 0.6 is 11.3 Å². The van der Waals surface area contributed by atoms with E-state index in [1.165, 1.54) is 0 Å². The molecule has 1 aromatic heterocycles. The standard InChI is InChI=1S/C16H12F2N2O2S/c1-2-9-5-6-23-15(9)14(21)11(8-19)16(22)20-13-4-3-10(17)7-12(13)18/h3-7,11H,2H2,1H3,(H,20,22). The molecule has 1 unspecified atom stereocenters. The van der Waals surface area contributed by atoms with Crippen LogP contribution in [0.3, 0.4) is 0 Å². The summed E-state index contributed by atoms with van der Waals surface area (Å²) >= 11 is 1.15. The minimum Gasteiger partial charge on any atom is -0.322 e. The minimum absolute atomic E-state index is 0.286. The largest absolute Gasteiger partial charge is 0.322 e. The minimum atomic E-state index is -1.59. The van der Waals surface area contributed by atoms with Crippen molar-refractivity contribution in [2.24, 2.45) is 5.92 Å². The van der Waals surface area contributed by atoms with Crippen LogP contribution in [0.25, 0.3) is 0 Å². The van der Waals surface area contributed by atoms with Gasteiger partial charge in [-0.05, 0) is 35.6 Å².